The number of fused-ring (bicyclic) bond motifs is 4. The first-order chi connectivity index (χ1) is 25.3. The first-order valence-corrected chi connectivity index (χ1v) is 19.1. The van der Waals surface area contributed by atoms with Crippen molar-refractivity contribution in [2.75, 3.05) is 42.9 Å². The first kappa shape index (κ1) is 38.1. The number of anilines is 2. The number of ether oxygens (including phenoxy) is 3. The van der Waals surface area contributed by atoms with E-state index in [2.05, 4.69) is 15.3 Å². The zero-order valence-electron chi connectivity index (χ0n) is 31.1. The molecule has 2 amide bonds. The average molecular weight is 790 g/mol. The quantitative estimate of drug-likeness (QED) is 0.196. The normalized spacial score (nSPS) is 20.0. The van der Waals surface area contributed by atoms with Crippen LogP contribution < -0.4 is 15.0 Å². The van der Waals surface area contributed by atoms with E-state index in [-0.39, 0.29) is 61.2 Å². The molecule has 2 aromatic heterocycles. The van der Waals surface area contributed by atoms with Gasteiger partial charge in [-0.25, -0.2) is 27.7 Å². The van der Waals surface area contributed by atoms with Crippen molar-refractivity contribution in [3.63, 3.8) is 0 Å². The Labute approximate surface area is 319 Å². The maximum atomic E-state index is 17.1. The predicted octanol–water partition coefficient (Wildman–Crippen LogP) is 8.19. The summed E-state index contributed by atoms with van der Waals surface area (Å²) in [5.74, 6) is -1.04. The highest BCUT2D eigenvalue weighted by atomic mass is 35.5. The van der Waals surface area contributed by atoms with E-state index in [0.717, 1.165) is 24.2 Å². The molecule has 17 heteroatoms. The Bertz CT molecular complexity index is 2110. The van der Waals surface area contributed by atoms with Crippen LogP contribution in [0.3, 0.4) is 0 Å². The Morgan fingerprint density at radius 3 is 2.28 bits per heavy atom. The maximum absolute atomic E-state index is 17.1. The molecule has 2 unspecified atom stereocenters. The highest BCUT2D eigenvalue weighted by Crippen LogP contribution is 2.44. The zero-order chi connectivity index (χ0) is 38.9. The van der Waals surface area contributed by atoms with Gasteiger partial charge in [-0.1, -0.05) is 22.9 Å². The van der Waals surface area contributed by atoms with Crippen LogP contribution in [0.1, 0.15) is 61.3 Å². The molecule has 1 N–H and O–H groups in total. The van der Waals surface area contributed by atoms with Gasteiger partial charge in [0.15, 0.2) is 10.9 Å². The zero-order valence-corrected chi connectivity index (χ0v) is 32.7. The lowest BCUT2D eigenvalue weighted by molar-refractivity contribution is 0.0122. The van der Waals surface area contributed by atoms with Gasteiger partial charge in [0.05, 0.1) is 27.3 Å². The third kappa shape index (κ3) is 7.83. The number of rotatable bonds is 7. The number of piperazine rings is 1. The number of likely N-dealkylation sites (tertiary alicyclic amines) is 1. The number of alkyl halides is 1. The molecule has 3 fully saturated rings. The van der Waals surface area contributed by atoms with Crippen molar-refractivity contribution in [2.45, 2.75) is 96.9 Å². The molecule has 2 aromatic carbocycles. The van der Waals surface area contributed by atoms with Gasteiger partial charge < -0.3 is 19.1 Å². The number of nitrogens with zero attached hydrogens (tertiary/aromatic N) is 6. The third-order valence-corrected chi connectivity index (χ3v) is 10.6. The summed E-state index contributed by atoms with van der Waals surface area (Å²) in [5.41, 5.74) is -1.33. The number of thiazole rings is 1. The molecule has 2 bridgehead atoms. The van der Waals surface area contributed by atoms with Gasteiger partial charge in [-0.2, -0.15) is 9.97 Å². The number of benzene rings is 2. The van der Waals surface area contributed by atoms with E-state index in [1.807, 2.05) is 37.5 Å². The number of amides is 2. The number of nitrogens with one attached hydrogen (secondary N) is 1. The molecular formula is C37H43ClF3N7O5S. The SMILES string of the molecule is C[C@@H](CN1CC(F)C1)Oc1nc(N2CC3CCC(C2)N3C(=O)OC(C)(C)C)c2cc(Cl)c(-c3ccc(F)c4sc(NC(=O)OC(C)(C)C)nc34)c(F)c2n1. The molecule has 3 aliphatic rings. The van der Waals surface area contributed by atoms with Gasteiger partial charge in [-0.05, 0) is 79.5 Å². The molecule has 12 nitrogen and oxygen atoms in total. The summed E-state index contributed by atoms with van der Waals surface area (Å²) in [6.07, 6.45) is -0.977. The number of carbonyl (C=O) groups is 2. The summed E-state index contributed by atoms with van der Waals surface area (Å²) in [6.45, 7) is 14.2. The van der Waals surface area contributed by atoms with Crippen LogP contribution in [0.4, 0.5) is 33.7 Å². The lowest BCUT2D eigenvalue weighted by Crippen LogP contribution is -2.57. The lowest BCUT2D eigenvalue weighted by Gasteiger charge is -2.42. The standard InChI is InChI=1S/C37H43ClF3N7O5S/c1-18(13-46-14-19(39)15-46)51-32-42-28-23(31(44-32)47-16-20-8-9-21(17-47)48(20)35(50)53-37(5,6)7)12-24(38)26(27(28)41)22-10-11-25(40)30-29(22)43-33(54-30)45-34(49)52-36(2,3)4/h10-12,18-21H,8-9,13-17H2,1-7H3,(H,43,45,49)/t18-,20?,21?/m0/s1. The minimum Gasteiger partial charge on any atom is -0.459 e. The molecule has 3 saturated heterocycles. The second-order valence-electron chi connectivity index (χ2n) is 16.1. The van der Waals surface area contributed by atoms with Gasteiger partial charge in [-0.3, -0.25) is 15.1 Å². The Balaban J connectivity index is 1.29. The molecule has 290 valence electrons. The topological polar surface area (TPSA) is 122 Å². The maximum Gasteiger partial charge on any atom is 0.413 e. The third-order valence-electron chi connectivity index (χ3n) is 9.34. The summed E-state index contributed by atoms with van der Waals surface area (Å²) in [4.78, 5) is 45.2. The van der Waals surface area contributed by atoms with Crippen molar-refractivity contribution in [3.8, 4) is 17.1 Å². The molecule has 54 heavy (non-hydrogen) atoms. The molecule has 3 atom stereocenters. The van der Waals surface area contributed by atoms with Crippen LogP contribution in [0.2, 0.25) is 5.02 Å². The van der Waals surface area contributed by atoms with Crippen LogP contribution in [0.25, 0.3) is 32.2 Å². The summed E-state index contributed by atoms with van der Waals surface area (Å²) in [5, 5.41) is 2.91. The summed E-state index contributed by atoms with van der Waals surface area (Å²) >= 11 is 7.79. The van der Waals surface area contributed by atoms with E-state index < -0.39 is 41.2 Å². The van der Waals surface area contributed by atoms with Crippen LogP contribution in [0.5, 0.6) is 6.01 Å². The van der Waals surface area contributed by atoms with Gasteiger partial charge in [0.25, 0.3) is 0 Å². The minimum absolute atomic E-state index is 0.00312. The van der Waals surface area contributed by atoms with Crippen LogP contribution in [0.15, 0.2) is 18.2 Å². The van der Waals surface area contributed by atoms with Crippen molar-refractivity contribution in [3.05, 3.63) is 34.9 Å². The molecule has 0 spiro atoms. The fraction of sp³-hybridized carbons (Fsp3) is 0.541. The predicted molar refractivity (Wildman–Crippen MR) is 201 cm³/mol. The number of hydrogen-bond donors (Lipinski definition) is 1. The second-order valence-corrected chi connectivity index (χ2v) is 17.5. The molecule has 7 rings (SSSR count). The minimum atomic E-state index is -0.882. The van der Waals surface area contributed by atoms with Gasteiger partial charge in [0.1, 0.15) is 40.6 Å². The van der Waals surface area contributed by atoms with E-state index in [0.29, 0.717) is 43.9 Å². The average Bonchev–Trinajstić information content (AvgIpc) is 3.57. The van der Waals surface area contributed by atoms with Crippen LogP contribution >= 0.6 is 22.9 Å². The summed E-state index contributed by atoms with van der Waals surface area (Å²) in [6, 6.07) is 3.71. The summed E-state index contributed by atoms with van der Waals surface area (Å²) in [7, 11) is 0. The van der Waals surface area contributed by atoms with E-state index in [1.165, 1.54) is 12.1 Å². The van der Waals surface area contributed by atoms with Crippen molar-refractivity contribution in [2.24, 2.45) is 0 Å². The van der Waals surface area contributed by atoms with Crippen LogP contribution in [-0.2, 0) is 9.47 Å². The molecule has 0 saturated carbocycles. The van der Waals surface area contributed by atoms with Crippen molar-refractivity contribution in [1.82, 2.24) is 24.8 Å². The van der Waals surface area contributed by atoms with Crippen LogP contribution in [0, 0.1) is 11.6 Å². The molecule has 3 aliphatic heterocycles. The number of carbonyl (C=O) groups excluding carboxylic acids is 2. The Hall–Kier alpha value is -4.15. The molecule has 0 aliphatic carbocycles. The van der Waals surface area contributed by atoms with Crippen molar-refractivity contribution >= 4 is 67.2 Å². The van der Waals surface area contributed by atoms with Crippen LogP contribution in [-0.4, -0.2) is 105 Å². The van der Waals surface area contributed by atoms with Gasteiger partial charge in [0.2, 0.25) is 0 Å². The Kier molecular flexibility index (Phi) is 10.0. The van der Waals surface area contributed by atoms with E-state index in [1.54, 1.807) is 31.7 Å². The monoisotopic (exact) mass is 789 g/mol. The second kappa shape index (κ2) is 14.2. The molecule has 5 heterocycles. The van der Waals surface area contributed by atoms with Gasteiger partial charge in [0, 0.05) is 49.2 Å². The van der Waals surface area contributed by atoms with E-state index in [4.69, 9.17) is 30.8 Å². The smallest absolute Gasteiger partial charge is 0.413 e. The van der Waals surface area contributed by atoms with Gasteiger partial charge >= 0.3 is 18.2 Å². The fourth-order valence-electron chi connectivity index (χ4n) is 7.25. The van der Waals surface area contributed by atoms with E-state index >= 15 is 8.78 Å². The largest absolute Gasteiger partial charge is 0.459 e. The molecule has 4 aromatic rings. The molecule has 0 radical (unpaired) electrons. The first-order valence-electron chi connectivity index (χ1n) is 17.9. The van der Waals surface area contributed by atoms with E-state index in [9.17, 15) is 14.0 Å². The highest BCUT2D eigenvalue weighted by molar-refractivity contribution is 7.22. The Morgan fingerprint density at radius 1 is 0.981 bits per heavy atom. The summed E-state index contributed by atoms with van der Waals surface area (Å²) < 4.78 is 63.1. The fourth-order valence-corrected chi connectivity index (χ4v) is 8.42. The lowest BCUT2D eigenvalue weighted by atomic mass is 10.0. The number of halogens is 4. The Morgan fingerprint density at radius 2 is 1.65 bits per heavy atom. The number of aromatic nitrogens is 3. The van der Waals surface area contributed by atoms with Gasteiger partial charge in [-0.15, -0.1) is 0 Å². The molecular weight excluding hydrogens is 747 g/mol. The number of hydrogen-bond acceptors (Lipinski definition) is 11. The van der Waals surface area contributed by atoms with Crippen molar-refractivity contribution < 1.29 is 37.0 Å². The van der Waals surface area contributed by atoms with Crippen molar-refractivity contribution in [1.29, 1.82) is 0 Å². The highest BCUT2D eigenvalue weighted by Gasteiger charge is 2.45.